The van der Waals surface area contributed by atoms with Crippen molar-refractivity contribution in [2.45, 2.75) is 13.0 Å². The minimum atomic E-state index is -3.28. The molecule has 0 saturated carbocycles. The smallest absolute Gasteiger partial charge is 0.211 e. The van der Waals surface area contributed by atoms with Gasteiger partial charge >= 0.3 is 0 Å². The van der Waals surface area contributed by atoms with Gasteiger partial charge < -0.3 is 10.0 Å². The number of para-hydroxylation sites is 1. The van der Waals surface area contributed by atoms with Crippen LogP contribution in [0.1, 0.15) is 11.3 Å². The van der Waals surface area contributed by atoms with Crippen LogP contribution in [0.2, 0.25) is 0 Å². The molecule has 2 aromatic rings. The van der Waals surface area contributed by atoms with Crippen molar-refractivity contribution in [1.82, 2.24) is 14.3 Å². The molecule has 0 spiro atoms. The van der Waals surface area contributed by atoms with E-state index in [9.17, 15) is 13.5 Å². The third-order valence-electron chi connectivity index (χ3n) is 4.05. The van der Waals surface area contributed by atoms with Crippen molar-refractivity contribution in [1.29, 1.82) is 0 Å². The number of fused-ring (bicyclic) bond motifs is 1. The first kappa shape index (κ1) is 16.7. The van der Waals surface area contributed by atoms with Gasteiger partial charge in [-0.3, -0.25) is 0 Å². The molecule has 0 unspecified atom stereocenters. The lowest BCUT2D eigenvalue weighted by molar-refractivity contribution is 0.388. The topological polar surface area (TPSA) is 86.6 Å². The fourth-order valence-corrected chi connectivity index (χ4v) is 3.60. The van der Waals surface area contributed by atoms with Gasteiger partial charge in [0.05, 0.1) is 24.1 Å². The Hall–Kier alpha value is -2.19. The lowest BCUT2D eigenvalue weighted by Crippen LogP contribution is -2.36. The summed E-state index contributed by atoms with van der Waals surface area (Å²) in [7, 11) is 0.501. The van der Waals surface area contributed by atoms with Crippen LogP contribution < -0.4 is 4.90 Å². The van der Waals surface area contributed by atoms with E-state index < -0.39 is 10.0 Å². The van der Waals surface area contributed by atoms with Crippen LogP contribution in [0.25, 0.3) is 11.4 Å². The number of phenolic OH excluding ortho intramolecular Hbond substituents is 1. The second-order valence-electron chi connectivity index (χ2n) is 6.05. The molecule has 1 aromatic heterocycles. The van der Waals surface area contributed by atoms with Crippen LogP contribution in [-0.4, -0.2) is 54.7 Å². The van der Waals surface area contributed by atoms with Gasteiger partial charge in [0.1, 0.15) is 11.6 Å². The second-order valence-corrected chi connectivity index (χ2v) is 8.04. The average Bonchev–Trinajstić information content (AvgIpc) is 2.52. The summed E-state index contributed by atoms with van der Waals surface area (Å²) >= 11 is 0. The maximum atomic E-state index is 11.9. The van der Waals surface area contributed by atoms with Gasteiger partial charge in [0.15, 0.2) is 5.82 Å². The maximum Gasteiger partial charge on any atom is 0.211 e. The monoisotopic (exact) mass is 348 g/mol. The molecule has 24 heavy (non-hydrogen) atoms. The van der Waals surface area contributed by atoms with Gasteiger partial charge in [-0.1, -0.05) is 12.1 Å². The third-order valence-corrected chi connectivity index (χ3v) is 5.30. The number of rotatable bonds is 3. The van der Waals surface area contributed by atoms with E-state index in [1.165, 1.54) is 10.6 Å². The average molecular weight is 348 g/mol. The zero-order valence-electron chi connectivity index (χ0n) is 13.9. The molecule has 0 radical (unpaired) electrons. The predicted octanol–water partition coefficient (Wildman–Crippen LogP) is 1.23. The number of anilines is 1. The fraction of sp³-hybridized carbons (Fsp3) is 0.375. The zero-order chi connectivity index (χ0) is 17.5. The molecule has 0 fully saturated rings. The Labute approximate surface area is 141 Å². The van der Waals surface area contributed by atoms with E-state index >= 15 is 0 Å². The third kappa shape index (κ3) is 3.07. The quantitative estimate of drug-likeness (QED) is 0.898. The van der Waals surface area contributed by atoms with Gasteiger partial charge in [-0.05, 0) is 18.6 Å². The van der Waals surface area contributed by atoms with Gasteiger partial charge in [-0.15, -0.1) is 0 Å². The highest BCUT2D eigenvalue weighted by atomic mass is 32.2. The lowest BCUT2D eigenvalue weighted by atomic mass is 10.1. The molecular formula is C16H20N4O3S. The number of aromatic hydroxyl groups is 1. The van der Waals surface area contributed by atoms with Gasteiger partial charge in [0, 0.05) is 26.2 Å². The molecule has 0 amide bonds. The molecule has 0 aliphatic carbocycles. The summed E-state index contributed by atoms with van der Waals surface area (Å²) in [6.07, 6.45) is 1.77. The van der Waals surface area contributed by atoms with Crippen LogP contribution in [0.5, 0.6) is 5.75 Å². The van der Waals surface area contributed by atoms with E-state index in [1.807, 2.05) is 19.0 Å². The number of hydrogen-bond donors (Lipinski definition) is 1. The van der Waals surface area contributed by atoms with Crippen LogP contribution in [-0.2, 0) is 23.0 Å². The molecule has 1 aliphatic rings. The molecule has 1 aromatic carbocycles. The number of hydrogen-bond acceptors (Lipinski definition) is 6. The fourth-order valence-electron chi connectivity index (χ4n) is 2.82. The van der Waals surface area contributed by atoms with E-state index in [0.717, 1.165) is 11.4 Å². The van der Waals surface area contributed by atoms with Gasteiger partial charge in [-0.25, -0.2) is 18.4 Å². The normalized spacial score (nSPS) is 15.1. The van der Waals surface area contributed by atoms with E-state index in [1.54, 1.807) is 24.3 Å². The summed E-state index contributed by atoms with van der Waals surface area (Å²) in [6.45, 7) is 0.643. The van der Waals surface area contributed by atoms with Crippen molar-refractivity contribution >= 4 is 15.8 Å². The largest absolute Gasteiger partial charge is 0.507 e. The number of benzene rings is 1. The Bertz CT molecular complexity index is 881. The van der Waals surface area contributed by atoms with Crippen molar-refractivity contribution in [2.75, 3.05) is 31.8 Å². The zero-order valence-corrected chi connectivity index (χ0v) is 14.7. The molecule has 1 aliphatic heterocycles. The molecule has 2 heterocycles. The highest BCUT2D eigenvalue weighted by Crippen LogP contribution is 2.32. The molecule has 0 saturated heterocycles. The second kappa shape index (κ2) is 6.03. The van der Waals surface area contributed by atoms with Crippen LogP contribution in [0.15, 0.2) is 24.3 Å². The van der Waals surface area contributed by atoms with Crippen LogP contribution in [0.4, 0.5) is 5.82 Å². The van der Waals surface area contributed by atoms with E-state index in [4.69, 9.17) is 0 Å². The molecule has 0 bridgehead atoms. The predicted molar refractivity (Wildman–Crippen MR) is 92.4 cm³/mol. The van der Waals surface area contributed by atoms with Crippen LogP contribution >= 0.6 is 0 Å². The van der Waals surface area contributed by atoms with Crippen molar-refractivity contribution in [3.63, 3.8) is 0 Å². The number of nitrogens with zero attached hydrogens (tertiary/aromatic N) is 4. The Morgan fingerprint density at radius 2 is 1.92 bits per heavy atom. The number of sulfonamides is 1. The highest BCUT2D eigenvalue weighted by Gasteiger charge is 2.28. The highest BCUT2D eigenvalue weighted by molar-refractivity contribution is 7.88. The van der Waals surface area contributed by atoms with Gasteiger partial charge in [-0.2, -0.15) is 4.31 Å². The summed E-state index contributed by atoms with van der Waals surface area (Å²) in [5.41, 5.74) is 2.17. The molecule has 7 nitrogen and oxygen atoms in total. The van der Waals surface area contributed by atoms with Gasteiger partial charge in [0.2, 0.25) is 10.0 Å². The standard InChI is InChI=1S/C16H20N4O3S/c1-19(2)16-11-8-9-20(24(3,22)23)10-13(11)17-15(18-16)12-6-4-5-7-14(12)21/h4-7,21H,8-10H2,1-3H3. The molecule has 1 N–H and O–H groups in total. The molecular weight excluding hydrogens is 328 g/mol. The molecule has 8 heteroatoms. The first-order valence-corrected chi connectivity index (χ1v) is 9.43. The van der Waals surface area contributed by atoms with E-state index in [2.05, 4.69) is 9.97 Å². The summed E-state index contributed by atoms with van der Waals surface area (Å²) < 4.78 is 25.1. The van der Waals surface area contributed by atoms with Crippen molar-refractivity contribution in [3.8, 4) is 17.1 Å². The summed E-state index contributed by atoms with van der Waals surface area (Å²) in [5.74, 6) is 1.25. The first-order valence-electron chi connectivity index (χ1n) is 7.58. The SMILES string of the molecule is CN(C)c1nc(-c2ccccc2O)nc2c1CCN(S(C)(=O)=O)C2. The summed E-state index contributed by atoms with van der Waals surface area (Å²) in [5, 5.41) is 10.1. The lowest BCUT2D eigenvalue weighted by Gasteiger charge is -2.29. The Balaban J connectivity index is 2.15. The number of phenols is 1. The van der Waals surface area contributed by atoms with E-state index in [0.29, 0.717) is 30.0 Å². The van der Waals surface area contributed by atoms with Crippen molar-refractivity contribution in [3.05, 3.63) is 35.5 Å². The van der Waals surface area contributed by atoms with E-state index in [-0.39, 0.29) is 12.3 Å². The van der Waals surface area contributed by atoms with Crippen molar-refractivity contribution in [2.24, 2.45) is 0 Å². The van der Waals surface area contributed by atoms with Crippen molar-refractivity contribution < 1.29 is 13.5 Å². The minimum absolute atomic E-state index is 0.0953. The summed E-state index contributed by atoms with van der Waals surface area (Å²) in [6, 6.07) is 6.86. The summed E-state index contributed by atoms with van der Waals surface area (Å²) in [4.78, 5) is 11.0. The Morgan fingerprint density at radius 3 is 2.54 bits per heavy atom. The molecule has 3 rings (SSSR count). The van der Waals surface area contributed by atoms with Crippen LogP contribution in [0.3, 0.4) is 0 Å². The molecule has 128 valence electrons. The Morgan fingerprint density at radius 1 is 1.21 bits per heavy atom. The molecule has 0 atom stereocenters. The first-order chi connectivity index (χ1) is 11.3. The Kier molecular flexibility index (Phi) is 4.18. The number of aromatic nitrogens is 2. The van der Waals surface area contributed by atoms with Crippen LogP contribution in [0, 0.1) is 0 Å². The van der Waals surface area contributed by atoms with Gasteiger partial charge in [0.25, 0.3) is 0 Å². The maximum absolute atomic E-state index is 11.9. The minimum Gasteiger partial charge on any atom is -0.507 e.